The Balaban J connectivity index is 2.48. The molecule has 3 N–H and O–H groups in total. The van der Waals surface area contributed by atoms with E-state index in [1.165, 1.54) is 6.07 Å². The quantitative estimate of drug-likeness (QED) is 0.661. The van der Waals surface area contributed by atoms with Crippen LogP contribution < -0.4 is 11.3 Å². The third kappa shape index (κ3) is 2.87. The first-order valence-electron chi connectivity index (χ1n) is 6.81. The first-order valence-corrected chi connectivity index (χ1v) is 8.52. The fraction of sp³-hybridized carbons (Fsp3) is 0.571. The van der Waals surface area contributed by atoms with Gasteiger partial charge < -0.3 is 0 Å². The van der Waals surface area contributed by atoms with Gasteiger partial charge >= 0.3 is 0 Å². The van der Waals surface area contributed by atoms with Gasteiger partial charge in [0.1, 0.15) is 5.82 Å². The number of nitrogens with two attached hydrogens (primary N) is 1. The van der Waals surface area contributed by atoms with Crippen LogP contribution in [0.2, 0.25) is 0 Å². The van der Waals surface area contributed by atoms with Gasteiger partial charge in [-0.1, -0.05) is 12.5 Å². The number of hydrogen-bond acceptors (Lipinski definition) is 4. The van der Waals surface area contributed by atoms with Crippen molar-refractivity contribution in [3.8, 4) is 0 Å². The van der Waals surface area contributed by atoms with Crippen LogP contribution in [0.4, 0.5) is 4.39 Å². The Morgan fingerprint density at radius 2 is 2.05 bits per heavy atom. The molecule has 4 nitrogen and oxygen atoms in total. The summed E-state index contributed by atoms with van der Waals surface area (Å²) in [5.74, 6) is 5.31. The maximum Gasteiger partial charge on any atom is 0.155 e. The molecule has 0 spiro atoms. The molecule has 0 saturated carbocycles. The molecule has 0 aromatic heterocycles. The smallest absolute Gasteiger partial charge is 0.155 e. The lowest BCUT2D eigenvalue weighted by molar-refractivity contribution is 0.438. The monoisotopic (exact) mass is 300 g/mol. The van der Waals surface area contributed by atoms with Crippen molar-refractivity contribution in [3.05, 3.63) is 34.6 Å². The van der Waals surface area contributed by atoms with Crippen LogP contribution >= 0.6 is 0 Å². The summed E-state index contributed by atoms with van der Waals surface area (Å²) < 4.78 is 38.7. The van der Waals surface area contributed by atoms with Crippen LogP contribution in [-0.2, 0) is 9.84 Å². The maximum absolute atomic E-state index is 14.3. The molecule has 6 heteroatoms. The SMILES string of the molecule is Cc1cc(C)c(C(NN)C2CCCCS2(=O)=O)c(F)c1. The molecule has 0 aliphatic carbocycles. The first-order chi connectivity index (χ1) is 9.36. The van der Waals surface area contributed by atoms with Crippen LogP contribution in [0.15, 0.2) is 12.1 Å². The Morgan fingerprint density at radius 1 is 1.35 bits per heavy atom. The molecule has 1 aromatic carbocycles. The highest BCUT2D eigenvalue weighted by Gasteiger charge is 2.37. The molecule has 1 fully saturated rings. The van der Waals surface area contributed by atoms with Crippen molar-refractivity contribution in [3.63, 3.8) is 0 Å². The molecule has 0 bridgehead atoms. The third-order valence-corrected chi connectivity index (χ3v) is 6.26. The average Bonchev–Trinajstić information content (AvgIpc) is 2.34. The van der Waals surface area contributed by atoms with E-state index >= 15 is 0 Å². The summed E-state index contributed by atoms with van der Waals surface area (Å²) in [6.07, 6.45) is 2.02. The van der Waals surface area contributed by atoms with Crippen molar-refractivity contribution < 1.29 is 12.8 Å². The zero-order valence-electron chi connectivity index (χ0n) is 11.8. The Labute approximate surface area is 119 Å². The summed E-state index contributed by atoms with van der Waals surface area (Å²) in [5.41, 5.74) is 4.43. The lowest BCUT2D eigenvalue weighted by atomic mass is 9.94. The molecule has 112 valence electrons. The molecule has 20 heavy (non-hydrogen) atoms. The highest BCUT2D eigenvalue weighted by atomic mass is 32.2. The Kier molecular flexibility index (Phi) is 4.46. The number of nitrogens with one attached hydrogen (secondary N) is 1. The molecule has 1 aliphatic heterocycles. The van der Waals surface area contributed by atoms with E-state index in [0.29, 0.717) is 18.4 Å². The Hall–Kier alpha value is -0.980. The first kappa shape index (κ1) is 15.4. The van der Waals surface area contributed by atoms with E-state index in [1.807, 2.05) is 13.0 Å². The van der Waals surface area contributed by atoms with Gasteiger partial charge in [0.05, 0.1) is 17.0 Å². The molecule has 1 aliphatic rings. The van der Waals surface area contributed by atoms with E-state index in [2.05, 4.69) is 5.43 Å². The average molecular weight is 300 g/mol. The fourth-order valence-electron chi connectivity index (χ4n) is 3.05. The minimum absolute atomic E-state index is 0.155. The van der Waals surface area contributed by atoms with E-state index in [0.717, 1.165) is 17.5 Å². The lowest BCUT2D eigenvalue weighted by Gasteiger charge is -2.31. The second-order valence-corrected chi connectivity index (χ2v) is 7.86. The van der Waals surface area contributed by atoms with Gasteiger partial charge in [-0.05, 0) is 43.9 Å². The minimum atomic E-state index is -3.24. The summed E-state index contributed by atoms with van der Waals surface area (Å²) in [5, 5.41) is -0.655. The van der Waals surface area contributed by atoms with Gasteiger partial charge in [0.25, 0.3) is 0 Å². The van der Waals surface area contributed by atoms with E-state index in [-0.39, 0.29) is 5.75 Å². The zero-order chi connectivity index (χ0) is 14.9. The van der Waals surface area contributed by atoms with Crippen molar-refractivity contribution in [1.29, 1.82) is 0 Å². The number of hydrazine groups is 1. The van der Waals surface area contributed by atoms with Gasteiger partial charge in [-0.25, -0.2) is 12.8 Å². The van der Waals surface area contributed by atoms with Crippen LogP contribution in [0.25, 0.3) is 0 Å². The molecule has 1 saturated heterocycles. The summed E-state index contributed by atoms with van der Waals surface area (Å²) in [4.78, 5) is 0. The highest BCUT2D eigenvalue weighted by molar-refractivity contribution is 7.92. The van der Waals surface area contributed by atoms with Crippen LogP contribution in [0.1, 0.15) is 42.0 Å². The summed E-state index contributed by atoms with van der Waals surface area (Å²) in [6.45, 7) is 3.59. The number of benzene rings is 1. The Morgan fingerprint density at radius 3 is 2.60 bits per heavy atom. The lowest BCUT2D eigenvalue weighted by Crippen LogP contribution is -2.44. The van der Waals surface area contributed by atoms with Crippen molar-refractivity contribution >= 4 is 9.84 Å². The molecule has 2 rings (SSSR count). The second-order valence-electron chi connectivity index (χ2n) is 5.52. The van der Waals surface area contributed by atoms with Crippen molar-refractivity contribution in [2.45, 2.75) is 44.4 Å². The van der Waals surface area contributed by atoms with Crippen molar-refractivity contribution in [2.75, 3.05) is 5.75 Å². The highest BCUT2D eigenvalue weighted by Crippen LogP contribution is 2.33. The predicted octanol–water partition coefficient (Wildman–Crippen LogP) is 1.91. The van der Waals surface area contributed by atoms with Crippen molar-refractivity contribution in [2.24, 2.45) is 5.84 Å². The van der Waals surface area contributed by atoms with E-state index < -0.39 is 26.9 Å². The predicted molar refractivity (Wildman–Crippen MR) is 77.4 cm³/mol. The number of halogens is 1. The van der Waals surface area contributed by atoms with Gasteiger partial charge in [-0.2, -0.15) is 0 Å². The van der Waals surface area contributed by atoms with Gasteiger partial charge in [0.15, 0.2) is 9.84 Å². The molecule has 1 heterocycles. The molecule has 2 unspecified atom stereocenters. The van der Waals surface area contributed by atoms with Crippen LogP contribution in [0, 0.1) is 19.7 Å². The fourth-order valence-corrected chi connectivity index (χ4v) is 5.12. The van der Waals surface area contributed by atoms with Crippen LogP contribution in [0.3, 0.4) is 0 Å². The largest absolute Gasteiger partial charge is 0.271 e. The molecular weight excluding hydrogens is 279 g/mol. The zero-order valence-corrected chi connectivity index (χ0v) is 12.6. The molecule has 0 radical (unpaired) electrons. The van der Waals surface area contributed by atoms with E-state index in [9.17, 15) is 12.8 Å². The summed E-state index contributed by atoms with van der Waals surface area (Å²) in [7, 11) is -3.24. The van der Waals surface area contributed by atoms with E-state index in [4.69, 9.17) is 5.84 Å². The third-order valence-electron chi connectivity index (χ3n) is 3.97. The van der Waals surface area contributed by atoms with Crippen LogP contribution in [-0.4, -0.2) is 19.4 Å². The van der Waals surface area contributed by atoms with E-state index in [1.54, 1.807) is 6.92 Å². The number of hydrogen-bond donors (Lipinski definition) is 2. The molecule has 1 aromatic rings. The molecular formula is C14H21FN2O2S. The number of sulfone groups is 1. The van der Waals surface area contributed by atoms with Gasteiger partial charge in [-0.15, -0.1) is 0 Å². The minimum Gasteiger partial charge on any atom is -0.271 e. The van der Waals surface area contributed by atoms with Gasteiger partial charge in [-0.3, -0.25) is 11.3 Å². The second kappa shape index (κ2) is 5.79. The van der Waals surface area contributed by atoms with Crippen molar-refractivity contribution in [1.82, 2.24) is 5.43 Å². The summed E-state index contributed by atoms with van der Waals surface area (Å²) >= 11 is 0. The topological polar surface area (TPSA) is 72.2 Å². The molecule has 0 amide bonds. The number of aryl methyl sites for hydroxylation is 2. The van der Waals surface area contributed by atoms with Crippen LogP contribution in [0.5, 0.6) is 0 Å². The standard InChI is InChI=1S/C14H21FN2O2S/c1-9-7-10(2)13(11(15)8-9)14(17-16)12-5-3-4-6-20(12,18)19/h7-8,12,14,17H,3-6,16H2,1-2H3. The van der Waals surface area contributed by atoms with Gasteiger partial charge in [0.2, 0.25) is 0 Å². The normalized spacial score (nSPS) is 23.5. The van der Waals surface area contributed by atoms with Gasteiger partial charge in [0, 0.05) is 5.56 Å². The Bertz CT molecular complexity index is 578. The maximum atomic E-state index is 14.3. The number of rotatable bonds is 3. The summed E-state index contributed by atoms with van der Waals surface area (Å²) in [6, 6.07) is 2.57. The molecule has 2 atom stereocenters.